The van der Waals surface area contributed by atoms with Crippen LogP contribution >= 0.6 is 27.5 Å². The number of hydrogen-bond acceptors (Lipinski definition) is 3. The fourth-order valence-corrected chi connectivity index (χ4v) is 3.34. The van der Waals surface area contributed by atoms with Gasteiger partial charge in [0.05, 0.1) is 10.7 Å². The van der Waals surface area contributed by atoms with Crippen LogP contribution in [0.5, 0.6) is 0 Å². The van der Waals surface area contributed by atoms with Crippen molar-refractivity contribution in [3.05, 3.63) is 43.9 Å². The lowest BCUT2D eigenvalue weighted by atomic mass is 10.0. The molecule has 4 nitrogen and oxygen atoms in total. The standard InChI is InChI=1S/C14H13BrClN3O/c15-10-11(8-4-1-2-5-8)18-13(19-14(10)20)12-9(16)6-3-7-17-12/h3,6-8H,1-2,4-5H2,(H,18,19,20). The Morgan fingerprint density at radius 1 is 1.35 bits per heavy atom. The van der Waals surface area contributed by atoms with Gasteiger partial charge in [0.25, 0.3) is 5.56 Å². The molecule has 0 atom stereocenters. The molecular weight excluding hydrogens is 342 g/mol. The van der Waals surface area contributed by atoms with E-state index in [1.165, 1.54) is 12.8 Å². The molecule has 0 saturated heterocycles. The van der Waals surface area contributed by atoms with E-state index in [4.69, 9.17) is 11.6 Å². The highest BCUT2D eigenvalue weighted by Gasteiger charge is 2.23. The van der Waals surface area contributed by atoms with Crippen LogP contribution in [0.2, 0.25) is 5.02 Å². The van der Waals surface area contributed by atoms with Gasteiger partial charge >= 0.3 is 0 Å². The minimum absolute atomic E-state index is 0.182. The van der Waals surface area contributed by atoms with E-state index in [2.05, 4.69) is 30.9 Å². The SMILES string of the molecule is O=c1[nH]c(-c2ncccc2Cl)nc(C2CCCC2)c1Br. The Morgan fingerprint density at radius 2 is 2.10 bits per heavy atom. The average molecular weight is 355 g/mol. The van der Waals surface area contributed by atoms with Crippen LogP contribution in [-0.4, -0.2) is 15.0 Å². The summed E-state index contributed by atoms with van der Waals surface area (Å²) in [7, 11) is 0. The van der Waals surface area contributed by atoms with Gasteiger partial charge in [0.2, 0.25) is 0 Å². The van der Waals surface area contributed by atoms with Crippen LogP contribution in [0, 0.1) is 0 Å². The van der Waals surface area contributed by atoms with Crippen molar-refractivity contribution in [1.82, 2.24) is 15.0 Å². The summed E-state index contributed by atoms with van der Waals surface area (Å²) in [5.41, 5.74) is 1.15. The number of H-pyrrole nitrogens is 1. The van der Waals surface area contributed by atoms with Crippen molar-refractivity contribution < 1.29 is 0 Å². The number of nitrogens with zero attached hydrogens (tertiary/aromatic N) is 2. The lowest BCUT2D eigenvalue weighted by Crippen LogP contribution is -2.15. The Hall–Kier alpha value is -1.20. The largest absolute Gasteiger partial charge is 0.304 e. The molecule has 1 N–H and O–H groups in total. The second kappa shape index (κ2) is 5.66. The molecule has 0 aromatic carbocycles. The summed E-state index contributed by atoms with van der Waals surface area (Å²) in [4.78, 5) is 23.6. The minimum Gasteiger partial charge on any atom is -0.304 e. The molecule has 0 radical (unpaired) electrons. The van der Waals surface area contributed by atoms with Gasteiger partial charge in [0.1, 0.15) is 10.2 Å². The zero-order valence-corrected chi connectivity index (χ0v) is 13.0. The maximum absolute atomic E-state index is 12.1. The number of halogens is 2. The van der Waals surface area contributed by atoms with Crippen molar-refractivity contribution in [2.24, 2.45) is 0 Å². The quantitative estimate of drug-likeness (QED) is 0.889. The summed E-state index contributed by atoms with van der Waals surface area (Å²) in [6.07, 6.45) is 6.16. The van der Waals surface area contributed by atoms with Crippen LogP contribution < -0.4 is 5.56 Å². The summed E-state index contributed by atoms with van der Waals surface area (Å²) in [6.45, 7) is 0. The van der Waals surface area contributed by atoms with Crippen molar-refractivity contribution >= 4 is 27.5 Å². The molecule has 104 valence electrons. The molecule has 0 aliphatic heterocycles. The van der Waals surface area contributed by atoms with Gasteiger partial charge in [0.15, 0.2) is 5.82 Å². The first-order chi connectivity index (χ1) is 9.66. The molecule has 1 aliphatic carbocycles. The molecule has 3 rings (SSSR count). The van der Waals surface area contributed by atoms with Crippen molar-refractivity contribution in [1.29, 1.82) is 0 Å². The summed E-state index contributed by atoms with van der Waals surface area (Å²) in [5.74, 6) is 0.776. The van der Waals surface area contributed by atoms with Gasteiger partial charge < -0.3 is 4.98 Å². The van der Waals surface area contributed by atoms with Crippen LogP contribution in [0.3, 0.4) is 0 Å². The van der Waals surface area contributed by atoms with E-state index in [1.807, 2.05) is 0 Å². The Labute approximate surface area is 129 Å². The fraction of sp³-hybridized carbons (Fsp3) is 0.357. The van der Waals surface area contributed by atoms with Gasteiger partial charge in [-0.2, -0.15) is 0 Å². The van der Waals surface area contributed by atoms with E-state index in [0.29, 0.717) is 26.9 Å². The van der Waals surface area contributed by atoms with Crippen molar-refractivity contribution in [3.8, 4) is 11.5 Å². The first kappa shape index (κ1) is 13.8. The molecule has 2 aromatic heterocycles. The third-order valence-electron chi connectivity index (χ3n) is 3.61. The molecule has 2 heterocycles. The Bertz CT molecular complexity index is 695. The van der Waals surface area contributed by atoms with Crippen molar-refractivity contribution in [2.75, 3.05) is 0 Å². The normalized spacial score (nSPS) is 15.7. The summed E-state index contributed by atoms with van der Waals surface area (Å²) in [5, 5.41) is 0.482. The zero-order valence-electron chi connectivity index (χ0n) is 10.7. The smallest absolute Gasteiger partial charge is 0.265 e. The van der Waals surface area contributed by atoms with Gasteiger partial charge in [0, 0.05) is 12.1 Å². The number of rotatable bonds is 2. The molecule has 1 saturated carbocycles. The molecule has 0 bridgehead atoms. The molecule has 20 heavy (non-hydrogen) atoms. The molecule has 2 aromatic rings. The molecule has 0 spiro atoms. The minimum atomic E-state index is -0.182. The van der Waals surface area contributed by atoms with Gasteiger partial charge in [-0.15, -0.1) is 0 Å². The molecular formula is C14H13BrClN3O. The lowest BCUT2D eigenvalue weighted by Gasteiger charge is -2.12. The van der Waals surface area contributed by atoms with Crippen molar-refractivity contribution in [3.63, 3.8) is 0 Å². The number of hydrogen-bond donors (Lipinski definition) is 1. The molecule has 6 heteroatoms. The predicted octanol–water partition coefficient (Wildman–Crippen LogP) is 3.91. The van der Waals surface area contributed by atoms with E-state index in [9.17, 15) is 4.79 Å². The molecule has 1 aliphatic rings. The zero-order chi connectivity index (χ0) is 14.1. The maximum Gasteiger partial charge on any atom is 0.265 e. The third kappa shape index (κ3) is 2.52. The molecule has 0 amide bonds. The van der Waals surface area contributed by atoms with Gasteiger partial charge in [-0.25, -0.2) is 4.98 Å². The van der Waals surface area contributed by atoms with Crippen LogP contribution in [0.4, 0.5) is 0 Å². The Morgan fingerprint density at radius 3 is 2.80 bits per heavy atom. The van der Waals surface area contributed by atoms with Gasteiger partial charge in [-0.05, 0) is 40.9 Å². The monoisotopic (exact) mass is 353 g/mol. The van der Waals surface area contributed by atoms with Crippen LogP contribution in [0.15, 0.2) is 27.6 Å². The van der Waals surface area contributed by atoms with Crippen LogP contribution in [0.1, 0.15) is 37.3 Å². The lowest BCUT2D eigenvalue weighted by molar-refractivity contribution is 0.688. The Balaban J connectivity index is 2.14. The predicted molar refractivity (Wildman–Crippen MR) is 82.0 cm³/mol. The van der Waals surface area contributed by atoms with Gasteiger partial charge in [-0.3, -0.25) is 9.78 Å². The first-order valence-electron chi connectivity index (χ1n) is 6.57. The van der Waals surface area contributed by atoms with Gasteiger partial charge in [-0.1, -0.05) is 24.4 Å². The van der Waals surface area contributed by atoms with Crippen LogP contribution in [-0.2, 0) is 0 Å². The summed E-state index contributed by atoms with van der Waals surface area (Å²) in [6, 6.07) is 3.49. The third-order valence-corrected chi connectivity index (χ3v) is 4.68. The highest BCUT2D eigenvalue weighted by atomic mass is 79.9. The highest BCUT2D eigenvalue weighted by Crippen LogP contribution is 2.36. The summed E-state index contributed by atoms with van der Waals surface area (Å²) >= 11 is 9.48. The molecule has 1 fully saturated rings. The van der Waals surface area contributed by atoms with E-state index in [-0.39, 0.29) is 5.56 Å². The average Bonchev–Trinajstić information content (AvgIpc) is 2.96. The first-order valence-corrected chi connectivity index (χ1v) is 7.74. The van der Waals surface area contributed by atoms with E-state index >= 15 is 0 Å². The number of aromatic amines is 1. The van der Waals surface area contributed by atoms with Crippen molar-refractivity contribution in [2.45, 2.75) is 31.6 Å². The second-order valence-electron chi connectivity index (χ2n) is 4.93. The topological polar surface area (TPSA) is 58.6 Å². The second-order valence-corrected chi connectivity index (χ2v) is 6.13. The van der Waals surface area contributed by atoms with E-state index in [0.717, 1.165) is 18.5 Å². The number of nitrogens with one attached hydrogen (secondary N) is 1. The number of pyridine rings is 1. The Kier molecular flexibility index (Phi) is 3.89. The molecule has 0 unspecified atom stereocenters. The number of aromatic nitrogens is 3. The van der Waals surface area contributed by atoms with E-state index < -0.39 is 0 Å². The fourth-order valence-electron chi connectivity index (χ4n) is 2.62. The van der Waals surface area contributed by atoms with Crippen LogP contribution in [0.25, 0.3) is 11.5 Å². The van der Waals surface area contributed by atoms with E-state index in [1.54, 1.807) is 18.3 Å². The maximum atomic E-state index is 12.1. The highest BCUT2D eigenvalue weighted by molar-refractivity contribution is 9.10. The summed E-state index contributed by atoms with van der Waals surface area (Å²) < 4.78 is 0.528.